The summed E-state index contributed by atoms with van der Waals surface area (Å²) in [5, 5.41) is 0. The topological polar surface area (TPSA) is 0 Å². The first-order valence-electron chi connectivity index (χ1n) is 5.68. The molecule has 0 N–H and O–H groups in total. The molecule has 0 fully saturated rings. The first-order valence-corrected chi connectivity index (χ1v) is 5.68. The van der Waals surface area contributed by atoms with Crippen molar-refractivity contribution in [2.45, 2.75) is 38.6 Å². The number of hydrogen-bond donors (Lipinski definition) is 0. The van der Waals surface area contributed by atoms with Crippen LogP contribution in [0.4, 0.5) is 52.7 Å². The molecule has 0 aromatic heterocycles. The fourth-order valence-electron chi connectivity index (χ4n) is 3.08. The van der Waals surface area contributed by atoms with E-state index in [-0.39, 0.29) is 0 Å². The van der Waals surface area contributed by atoms with Crippen LogP contribution in [-0.2, 0) is 0 Å². The van der Waals surface area contributed by atoms with E-state index in [1.165, 1.54) is 0 Å². The molecule has 0 aliphatic heterocycles. The van der Waals surface area contributed by atoms with Crippen LogP contribution in [-0.4, -0.2) is 24.7 Å². The predicted octanol–water partition coefficient (Wildman–Crippen LogP) is 5.80. The molecule has 0 bridgehead atoms. The third-order valence-corrected chi connectivity index (χ3v) is 4.34. The highest BCUT2D eigenvalue weighted by Crippen LogP contribution is 2.78. The Hall–Kier alpha value is -1.10. The van der Waals surface area contributed by atoms with Gasteiger partial charge in [0, 0.05) is 0 Å². The van der Waals surface area contributed by atoms with Crippen LogP contribution in [0.1, 0.15) is 13.8 Å². The number of halogens is 12. The van der Waals surface area contributed by atoms with E-state index >= 15 is 0 Å². The molecule has 1 aliphatic carbocycles. The van der Waals surface area contributed by atoms with Crippen LogP contribution in [0.2, 0.25) is 0 Å². The average Bonchev–Trinajstić information content (AvgIpc) is 2.46. The Bertz CT molecular complexity index is 455. The summed E-state index contributed by atoms with van der Waals surface area (Å²) in [6.07, 6.45) is -27.7. The van der Waals surface area contributed by atoms with Crippen LogP contribution in [0.15, 0.2) is 12.2 Å². The summed E-state index contributed by atoms with van der Waals surface area (Å²) >= 11 is 0. The van der Waals surface area contributed by atoms with Gasteiger partial charge in [-0.1, -0.05) is 12.2 Å². The maximum atomic E-state index is 13.2. The first-order chi connectivity index (χ1) is 9.71. The lowest BCUT2D eigenvalue weighted by molar-refractivity contribution is -0.451. The van der Waals surface area contributed by atoms with Crippen molar-refractivity contribution in [1.29, 1.82) is 0 Å². The molecule has 1 aliphatic rings. The maximum absolute atomic E-state index is 13.2. The highest BCUT2D eigenvalue weighted by atomic mass is 19.4. The van der Waals surface area contributed by atoms with Crippen molar-refractivity contribution in [2.24, 2.45) is 16.2 Å². The lowest BCUT2D eigenvalue weighted by atomic mass is 9.54. The van der Waals surface area contributed by atoms with E-state index in [1.54, 1.807) is 0 Å². The van der Waals surface area contributed by atoms with Gasteiger partial charge in [-0.2, -0.15) is 52.7 Å². The van der Waals surface area contributed by atoms with Gasteiger partial charge < -0.3 is 0 Å². The summed E-state index contributed by atoms with van der Waals surface area (Å²) < 4.78 is 157. The Labute approximate surface area is 121 Å². The molecule has 0 radical (unpaired) electrons. The average molecular weight is 368 g/mol. The number of alkyl halides is 12. The second-order valence-electron chi connectivity index (χ2n) is 5.48. The Kier molecular flexibility index (Phi) is 3.90. The third kappa shape index (κ3) is 2.08. The monoisotopic (exact) mass is 368 g/mol. The molecule has 136 valence electrons. The minimum atomic E-state index is -6.89. The second-order valence-corrected chi connectivity index (χ2v) is 5.48. The molecule has 0 saturated heterocycles. The molecule has 12 heteroatoms. The zero-order chi connectivity index (χ0) is 18.9. The predicted molar refractivity (Wildman–Crippen MR) is 52.0 cm³/mol. The van der Waals surface area contributed by atoms with Crippen LogP contribution in [0.25, 0.3) is 0 Å². The zero-order valence-electron chi connectivity index (χ0n) is 11.2. The van der Waals surface area contributed by atoms with E-state index in [4.69, 9.17) is 0 Å². The molecule has 1 rings (SSSR count). The van der Waals surface area contributed by atoms with Gasteiger partial charge in [-0.15, -0.1) is 0 Å². The van der Waals surface area contributed by atoms with Crippen molar-refractivity contribution in [3.63, 3.8) is 0 Å². The minimum Gasteiger partial charge on any atom is -0.170 e. The van der Waals surface area contributed by atoms with Gasteiger partial charge in [0.1, 0.15) is 10.8 Å². The van der Waals surface area contributed by atoms with E-state index in [1.807, 2.05) is 0 Å². The molecule has 0 saturated carbocycles. The SMILES string of the molecule is CC1(C(F)(F)F)C=CC(C)(C(F)(F)F)C1(C(F)(F)F)C(F)(F)F. The van der Waals surface area contributed by atoms with Crippen LogP contribution < -0.4 is 0 Å². The normalized spacial score (nSPS) is 32.4. The molecule has 0 heterocycles. The fourth-order valence-corrected chi connectivity index (χ4v) is 3.08. The van der Waals surface area contributed by atoms with Gasteiger partial charge in [-0.3, -0.25) is 0 Å². The standard InChI is InChI=1S/C11H8F12/c1-5(8(12,13)14)3-4-6(2,9(15,16)17)7(5,10(18,19)20)11(21,22)23/h3-4H,1-2H3. The summed E-state index contributed by atoms with van der Waals surface area (Å²) in [7, 11) is 0. The van der Waals surface area contributed by atoms with Crippen molar-refractivity contribution in [2.75, 3.05) is 0 Å². The largest absolute Gasteiger partial charge is 0.405 e. The Morgan fingerprint density at radius 2 is 0.696 bits per heavy atom. The van der Waals surface area contributed by atoms with Gasteiger partial charge in [0.25, 0.3) is 0 Å². The molecule has 0 aromatic rings. The highest BCUT2D eigenvalue weighted by molar-refractivity contribution is 5.33. The highest BCUT2D eigenvalue weighted by Gasteiger charge is 2.93. The van der Waals surface area contributed by atoms with Crippen LogP contribution in [0, 0.1) is 16.2 Å². The van der Waals surface area contributed by atoms with E-state index in [0.717, 1.165) is 0 Å². The maximum Gasteiger partial charge on any atom is 0.405 e. The lowest BCUT2D eigenvalue weighted by Crippen LogP contribution is -2.70. The van der Waals surface area contributed by atoms with Crippen molar-refractivity contribution >= 4 is 0 Å². The fraction of sp³-hybridized carbons (Fsp3) is 0.818. The first kappa shape index (κ1) is 19.9. The summed E-state index contributed by atoms with van der Waals surface area (Å²) in [6.45, 7) is -1.08. The number of hydrogen-bond acceptors (Lipinski definition) is 0. The summed E-state index contributed by atoms with van der Waals surface area (Å²) in [5.41, 5.74) is -15.8. The van der Waals surface area contributed by atoms with Gasteiger partial charge >= 0.3 is 24.7 Å². The Morgan fingerprint density at radius 1 is 0.478 bits per heavy atom. The molecule has 0 spiro atoms. The summed E-state index contributed by atoms with van der Waals surface area (Å²) in [4.78, 5) is 0. The van der Waals surface area contributed by atoms with Crippen molar-refractivity contribution in [1.82, 2.24) is 0 Å². The van der Waals surface area contributed by atoms with Gasteiger partial charge in [0.2, 0.25) is 0 Å². The van der Waals surface area contributed by atoms with Gasteiger partial charge in [-0.05, 0) is 13.8 Å². The Balaban J connectivity index is 4.07. The van der Waals surface area contributed by atoms with Crippen LogP contribution in [0.5, 0.6) is 0 Å². The molecule has 23 heavy (non-hydrogen) atoms. The molecule has 0 amide bonds. The minimum absolute atomic E-state index is 0.540. The molecular formula is C11H8F12. The molecule has 2 atom stereocenters. The van der Waals surface area contributed by atoms with Gasteiger partial charge in [0.05, 0.1) is 0 Å². The Morgan fingerprint density at radius 3 is 0.826 bits per heavy atom. The molecule has 0 aromatic carbocycles. The van der Waals surface area contributed by atoms with E-state index in [0.29, 0.717) is 0 Å². The van der Waals surface area contributed by atoms with Crippen LogP contribution in [0.3, 0.4) is 0 Å². The number of rotatable bonds is 0. The molecule has 0 nitrogen and oxygen atoms in total. The van der Waals surface area contributed by atoms with E-state index < -0.39 is 66.9 Å². The third-order valence-electron chi connectivity index (χ3n) is 4.34. The van der Waals surface area contributed by atoms with E-state index in [2.05, 4.69) is 0 Å². The quantitative estimate of drug-likeness (QED) is 0.374. The molecular weight excluding hydrogens is 360 g/mol. The van der Waals surface area contributed by atoms with Crippen molar-refractivity contribution in [3.05, 3.63) is 12.2 Å². The van der Waals surface area contributed by atoms with Crippen LogP contribution >= 0.6 is 0 Å². The van der Waals surface area contributed by atoms with Gasteiger partial charge in [0.15, 0.2) is 5.41 Å². The zero-order valence-corrected chi connectivity index (χ0v) is 11.2. The summed E-state index contributed by atoms with van der Waals surface area (Å²) in [5.74, 6) is 0. The smallest absolute Gasteiger partial charge is 0.170 e. The summed E-state index contributed by atoms with van der Waals surface area (Å²) in [6, 6.07) is 0. The second kappa shape index (κ2) is 4.50. The van der Waals surface area contributed by atoms with Crippen molar-refractivity contribution in [3.8, 4) is 0 Å². The van der Waals surface area contributed by atoms with Gasteiger partial charge in [-0.25, -0.2) is 0 Å². The molecule has 2 unspecified atom stereocenters. The number of allylic oxidation sites excluding steroid dienone is 2. The lowest BCUT2D eigenvalue weighted by Gasteiger charge is -2.53. The van der Waals surface area contributed by atoms with Crippen molar-refractivity contribution < 1.29 is 52.7 Å². The van der Waals surface area contributed by atoms with E-state index in [9.17, 15) is 52.7 Å².